The quantitative estimate of drug-likeness (QED) is 0.505. The molecule has 0 saturated heterocycles. The number of sulfonamides is 1. The van der Waals surface area contributed by atoms with Gasteiger partial charge in [0.25, 0.3) is 0 Å². The second kappa shape index (κ2) is 9.14. The minimum absolute atomic E-state index is 0.0134. The highest BCUT2D eigenvalue weighted by atomic mass is 32.2. The van der Waals surface area contributed by atoms with E-state index in [0.29, 0.717) is 16.8 Å². The fourth-order valence-electron chi connectivity index (χ4n) is 3.44. The van der Waals surface area contributed by atoms with E-state index < -0.39 is 22.0 Å². The third kappa shape index (κ3) is 4.65. The zero-order chi connectivity index (χ0) is 22.8. The number of aryl methyl sites for hydroxylation is 2. The smallest absolute Gasteiger partial charge is 0.354 e. The number of hydrogen-bond donors (Lipinski definition) is 1. The molecule has 1 N–H and O–H groups in total. The van der Waals surface area contributed by atoms with E-state index in [0.717, 1.165) is 5.56 Å². The number of rotatable bonds is 8. The van der Waals surface area contributed by atoms with Crippen molar-refractivity contribution in [2.45, 2.75) is 52.5 Å². The largest absolute Gasteiger partial charge is 0.464 e. The SMILES string of the molecule is COC(=O)c1[nH]c(C)c(C(=O)[C@H](C)N(CC(C)C)S(=O)(=O)c2ccc(C)cc2)c1C. The molecule has 0 aliphatic heterocycles. The van der Waals surface area contributed by atoms with Gasteiger partial charge >= 0.3 is 5.97 Å². The molecule has 8 heteroatoms. The molecule has 1 aromatic carbocycles. The van der Waals surface area contributed by atoms with Crippen molar-refractivity contribution in [2.24, 2.45) is 5.92 Å². The Morgan fingerprint density at radius 1 is 1.07 bits per heavy atom. The third-order valence-electron chi connectivity index (χ3n) is 5.06. The van der Waals surface area contributed by atoms with Crippen LogP contribution in [0.15, 0.2) is 29.2 Å². The number of aromatic amines is 1. The number of ketones is 1. The molecule has 0 bridgehead atoms. The lowest BCUT2D eigenvalue weighted by Crippen LogP contribution is -2.45. The highest BCUT2D eigenvalue weighted by molar-refractivity contribution is 7.89. The molecule has 7 nitrogen and oxygen atoms in total. The predicted molar refractivity (Wildman–Crippen MR) is 115 cm³/mol. The molecule has 1 heterocycles. The number of methoxy groups -OCH3 is 1. The molecule has 2 aromatic rings. The van der Waals surface area contributed by atoms with Crippen LogP contribution in [0.1, 0.15) is 58.4 Å². The number of aromatic nitrogens is 1. The first-order chi connectivity index (χ1) is 13.9. The van der Waals surface area contributed by atoms with Gasteiger partial charge in [-0.1, -0.05) is 31.5 Å². The van der Waals surface area contributed by atoms with Gasteiger partial charge in [0, 0.05) is 17.8 Å². The van der Waals surface area contributed by atoms with Crippen LogP contribution in [0, 0.1) is 26.7 Å². The van der Waals surface area contributed by atoms with Gasteiger partial charge in [-0.2, -0.15) is 4.31 Å². The summed E-state index contributed by atoms with van der Waals surface area (Å²) in [6.07, 6.45) is 0. The Labute approximate surface area is 178 Å². The van der Waals surface area contributed by atoms with E-state index in [4.69, 9.17) is 4.74 Å². The number of H-pyrrole nitrogens is 1. The summed E-state index contributed by atoms with van der Waals surface area (Å²) in [4.78, 5) is 28.4. The molecule has 164 valence electrons. The van der Waals surface area contributed by atoms with Crippen LogP contribution in [0.2, 0.25) is 0 Å². The molecule has 0 radical (unpaired) electrons. The van der Waals surface area contributed by atoms with E-state index in [9.17, 15) is 18.0 Å². The molecule has 0 amide bonds. The molecule has 2 rings (SSSR count). The molecule has 0 saturated carbocycles. The lowest BCUT2D eigenvalue weighted by Gasteiger charge is -2.29. The summed E-state index contributed by atoms with van der Waals surface area (Å²) in [6, 6.07) is 5.62. The lowest BCUT2D eigenvalue weighted by atomic mass is 10.0. The number of carbonyl (C=O) groups excluding carboxylic acids is 2. The van der Waals surface area contributed by atoms with E-state index >= 15 is 0 Å². The molecular weight excluding hydrogens is 404 g/mol. The number of nitrogens with zero attached hydrogens (tertiary/aromatic N) is 1. The molecular formula is C22H30N2O5S. The standard InChI is InChI=1S/C22H30N2O5S/c1-13(2)12-24(30(27,28)18-10-8-14(3)9-11-18)17(6)21(25)19-15(4)20(22(26)29-7)23-16(19)5/h8-11,13,17,23H,12H2,1-7H3/t17-/m0/s1. The van der Waals surface area contributed by atoms with Gasteiger partial charge in [0.15, 0.2) is 5.78 Å². The number of Topliss-reactive ketones (excluding diaryl/α,β-unsaturated/α-hetero) is 1. The number of carbonyl (C=O) groups is 2. The zero-order valence-electron chi connectivity index (χ0n) is 18.6. The van der Waals surface area contributed by atoms with Crippen molar-refractivity contribution in [3.63, 3.8) is 0 Å². The van der Waals surface area contributed by atoms with Crippen molar-refractivity contribution in [2.75, 3.05) is 13.7 Å². The zero-order valence-corrected chi connectivity index (χ0v) is 19.4. The van der Waals surface area contributed by atoms with E-state index in [2.05, 4.69) is 4.98 Å². The summed E-state index contributed by atoms with van der Waals surface area (Å²) in [7, 11) is -2.63. The summed E-state index contributed by atoms with van der Waals surface area (Å²) in [5.41, 5.74) is 2.41. The summed E-state index contributed by atoms with van der Waals surface area (Å²) in [5, 5.41) is 0. The summed E-state index contributed by atoms with van der Waals surface area (Å²) >= 11 is 0. The van der Waals surface area contributed by atoms with Gasteiger partial charge in [-0.15, -0.1) is 0 Å². The maximum Gasteiger partial charge on any atom is 0.354 e. The van der Waals surface area contributed by atoms with Gasteiger partial charge in [-0.05, 0) is 51.3 Å². The predicted octanol–water partition coefficient (Wildman–Crippen LogP) is 3.64. The average molecular weight is 435 g/mol. The van der Waals surface area contributed by atoms with Gasteiger partial charge in [0.05, 0.1) is 18.0 Å². The van der Waals surface area contributed by atoms with Crippen LogP contribution in [0.3, 0.4) is 0 Å². The summed E-state index contributed by atoms with van der Waals surface area (Å²) in [5.74, 6) is -0.930. The van der Waals surface area contributed by atoms with Gasteiger partial charge in [-0.25, -0.2) is 13.2 Å². The molecule has 30 heavy (non-hydrogen) atoms. The van der Waals surface area contributed by atoms with Crippen molar-refractivity contribution in [1.82, 2.24) is 9.29 Å². The van der Waals surface area contributed by atoms with Gasteiger partial charge < -0.3 is 9.72 Å². The molecule has 0 spiro atoms. The molecule has 0 unspecified atom stereocenters. The maximum absolute atomic E-state index is 13.4. The van der Waals surface area contributed by atoms with Crippen LogP contribution < -0.4 is 0 Å². The van der Waals surface area contributed by atoms with Crippen LogP contribution in [0.4, 0.5) is 0 Å². The highest BCUT2D eigenvalue weighted by Gasteiger charge is 2.36. The fraction of sp³-hybridized carbons (Fsp3) is 0.455. The number of esters is 1. The van der Waals surface area contributed by atoms with Crippen LogP contribution in [0.5, 0.6) is 0 Å². The Balaban J connectivity index is 2.51. The maximum atomic E-state index is 13.4. The first-order valence-electron chi connectivity index (χ1n) is 9.82. The monoisotopic (exact) mass is 434 g/mol. The van der Waals surface area contributed by atoms with E-state index in [-0.39, 0.29) is 28.8 Å². The second-order valence-corrected chi connectivity index (χ2v) is 9.83. The van der Waals surface area contributed by atoms with Crippen molar-refractivity contribution in [3.8, 4) is 0 Å². The van der Waals surface area contributed by atoms with E-state index in [1.807, 2.05) is 20.8 Å². The second-order valence-electron chi connectivity index (χ2n) is 7.94. The Kier molecular flexibility index (Phi) is 7.26. The molecule has 0 fully saturated rings. The summed E-state index contributed by atoms with van der Waals surface area (Å²) < 4.78 is 32.8. The van der Waals surface area contributed by atoms with Crippen LogP contribution in [-0.2, 0) is 14.8 Å². The molecule has 1 atom stereocenters. The number of hydrogen-bond acceptors (Lipinski definition) is 5. The van der Waals surface area contributed by atoms with Crippen LogP contribution in [0.25, 0.3) is 0 Å². The van der Waals surface area contributed by atoms with Crippen molar-refractivity contribution < 1.29 is 22.7 Å². The number of benzene rings is 1. The van der Waals surface area contributed by atoms with Gasteiger partial charge in [-0.3, -0.25) is 4.79 Å². The minimum Gasteiger partial charge on any atom is -0.464 e. The number of nitrogens with one attached hydrogen (secondary N) is 1. The summed E-state index contributed by atoms with van der Waals surface area (Å²) in [6.45, 7) is 10.8. The highest BCUT2D eigenvalue weighted by Crippen LogP contribution is 2.26. The fourth-order valence-corrected chi connectivity index (χ4v) is 5.19. The third-order valence-corrected chi connectivity index (χ3v) is 7.01. The molecule has 0 aliphatic rings. The Bertz CT molecular complexity index is 1040. The molecule has 1 aromatic heterocycles. The normalized spacial score (nSPS) is 13.0. The minimum atomic E-state index is -3.89. The first kappa shape index (κ1) is 23.8. The van der Waals surface area contributed by atoms with Crippen LogP contribution in [-0.4, -0.2) is 49.2 Å². The molecule has 0 aliphatic carbocycles. The Morgan fingerprint density at radius 3 is 2.13 bits per heavy atom. The lowest BCUT2D eigenvalue weighted by molar-refractivity contribution is 0.0594. The Hall–Kier alpha value is -2.45. The van der Waals surface area contributed by atoms with Crippen molar-refractivity contribution >= 4 is 21.8 Å². The Morgan fingerprint density at radius 2 is 1.63 bits per heavy atom. The van der Waals surface area contributed by atoms with E-state index in [1.54, 1.807) is 45.0 Å². The number of ether oxygens (including phenoxy) is 1. The topological polar surface area (TPSA) is 96.5 Å². The van der Waals surface area contributed by atoms with E-state index in [1.165, 1.54) is 11.4 Å². The average Bonchev–Trinajstić information content (AvgIpc) is 2.98. The first-order valence-corrected chi connectivity index (χ1v) is 11.3. The van der Waals surface area contributed by atoms with Crippen LogP contribution >= 0.6 is 0 Å². The van der Waals surface area contributed by atoms with Gasteiger partial charge in [0.1, 0.15) is 5.69 Å². The van der Waals surface area contributed by atoms with Crippen molar-refractivity contribution in [1.29, 1.82) is 0 Å². The van der Waals surface area contributed by atoms with Crippen molar-refractivity contribution in [3.05, 3.63) is 52.3 Å². The van der Waals surface area contributed by atoms with Gasteiger partial charge in [0.2, 0.25) is 10.0 Å².